The van der Waals surface area contributed by atoms with E-state index in [1.165, 1.54) is 32.0 Å². The highest BCUT2D eigenvalue weighted by Crippen LogP contribution is 2.42. The van der Waals surface area contributed by atoms with Crippen molar-refractivity contribution in [2.45, 2.75) is 69.6 Å². The van der Waals surface area contributed by atoms with Crippen molar-refractivity contribution in [3.05, 3.63) is 80.9 Å². The second-order valence-electron chi connectivity index (χ2n) is 12.8. The number of alkyl halides is 3. The first-order valence-corrected chi connectivity index (χ1v) is 15.0. The lowest BCUT2D eigenvalue weighted by atomic mass is 9.95. The Morgan fingerprint density at radius 1 is 1.09 bits per heavy atom. The number of carbonyl (C=O) groups excluding carboxylic acids is 2. The average molecular weight is 619 g/mol. The normalized spacial score (nSPS) is 17.4. The minimum atomic E-state index is -2.95. The van der Waals surface area contributed by atoms with Crippen LogP contribution in [0.25, 0.3) is 11.1 Å². The lowest BCUT2D eigenvalue weighted by molar-refractivity contribution is -0.113. The largest absolute Gasteiger partial charge is 0.326 e. The van der Waals surface area contributed by atoms with Crippen molar-refractivity contribution in [3.63, 3.8) is 0 Å². The number of benzene rings is 1. The number of rotatable bonds is 10. The van der Waals surface area contributed by atoms with Crippen LogP contribution >= 0.6 is 0 Å². The van der Waals surface area contributed by atoms with E-state index >= 15 is 0 Å². The van der Waals surface area contributed by atoms with Crippen LogP contribution in [0, 0.1) is 11.3 Å². The Hall–Kier alpha value is -4.50. The summed E-state index contributed by atoms with van der Waals surface area (Å²) in [6, 6.07) is 11.4. The minimum Gasteiger partial charge on any atom is -0.326 e. The fourth-order valence-electron chi connectivity index (χ4n) is 5.46. The van der Waals surface area contributed by atoms with Gasteiger partial charge < -0.3 is 20.1 Å². The molecule has 0 spiro atoms. The monoisotopic (exact) mass is 618 g/mol. The molecular weight excluding hydrogens is 585 g/mol. The van der Waals surface area contributed by atoms with Crippen LogP contribution in [-0.2, 0) is 6.54 Å². The van der Waals surface area contributed by atoms with Gasteiger partial charge in [0.05, 0.1) is 24.7 Å². The molecule has 3 heterocycles. The van der Waals surface area contributed by atoms with Gasteiger partial charge in [0.15, 0.2) is 0 Å². The van der Waals surface area contributed by atoms with Crippen molar-refractivity contribution < 1.29 is 22.8 Å². The third kappa shape index (κ3) is 6.93. The number of nitriles is 1. The maximum Gasteiger partial charge on any atom is 0.282 e. The van der Waals surface area contributed by atoms with E-state index in [-0.39, 0.29) is 47.6 Å². The molecule has 2 aromatic heterocycles. The Morgan fingerprint density at radius 2 is 1.82 bits per heavy atom. The number of carbonyl (C=O) groups is 2. The molecule has 3 aromatic rings. The Balaban J connectivity index is 1.33. The predicted molar refractivity (Wildman–Crippen MR) is 161 cm³/mol. The van der Waals surface area contributed by atoms with Gasteiger partial charge >= 0.3 is 0 Å². The van der Waals surface area contributed by atoms with Crippen molar-refractivity contribution in [3.8, 4) is 17.2 Å². The molecule has 2 saturated carbocycles. The van der Waals surface area contributed by atoms with Gasteiger partial charge in [0, 0.05) is 42.5 Å². The molecule has 6 rings (SSSR count). The van der Waals surface area contributed by atoms with E-state index in [2.05, 4.69) is 15.6 Å². The number of halogens is 3. The lowest BCUT2D eigenvalue weighted by Crippen LogP contribution is -2.58. The number of pyridine rings is 2. The van der Waals surface area contributed by atoms with Crippen LogP contribution < -0.4 is 16.2 Å². The van der Waals surface area contributed by atoms with E-state index in [1.807, 2.05) is 6.07 Å². The number of amides is 2. The molecule has 0 bridgehead atoms. The van der Waals surface area contributed by atoms with Gasteiger partial charge in [0.2, 0.25) is 0 Å². The second kappa shape index (κ2) is 11.5. The summed E-state index contributed by atoms with van der Waals surface area (Å²) >= 11 is 0. The van der Waals surface area contributed by atoms with Crippen LogP contribution in [0.1, 0.15) is 89.0 Å². The summed E-state index contributed by atoms with van der Waals surface area (Å²) in [6.07, 6.45) is 5.14. The summed E-state index contributed by atoms with van der Waals surface area (Å²) in [5, 5.41) is 15.3. The summed E-state index contributed by atoms with van der Waals surface area (Å²) in [5.41, 5.74) is 0.633. The Bertz CT molecular complexity index is 1780. The van der Waals surface area contributed by atoms with Gasteiger partial charge in [0.25, 0.3) is 23.3 Å². The van der Waals surface area contributed by atoms with Crippen LogP contribution in [0.5, 0.6) is 0 Å². The van der Waals surface area contributed by atoms with Gasteiger partial charge in [-0.15, -0.1) is 0 Å². The zero-order valence-electron chi connectivity index (χ0n) is 25.0. The zero-order chi connectivity index (χ0) is 32.1. The van der Waals surface area contributed by atoms with Crippen LogP contribution in [0.15, 0.2) is 47.4 Å². The number of nitrogens with zero attached hydrogens (tertiary/aromatic N) is 4. The summed E-state index contributed by atoms with van der Waals surface area (Å²) in [6.45, 7) is 1.87. The molecule has 1 aromatic carbocycles. The van der Waals surface area contributed by atoms with Crippen molar-refractivity contribution in [2.75, 3.05) is 25.0 Å². The number of hydrogen-bond donors (Lipinski definition) is 2. The van der Waals surface area contributed by atoms with Crippen molar-refractivity contribution in [2.24, 2.45) is 0 Å². The highest BCUT2D eigenvalue weighted by molar-refractivity contribution is 6.05. The molecule has 0 radical (unpaired) electrons. The third-order valence-corrected chi connectivity index (χ3v) is 8.06. The van der Waals surface area contributed by atoms with E-state index < -0.39 is 42.1 Å². The summed E-state index contributed by atoms with van der Waals surface area (Å²) in [5.74, 6) is -3.92. The van der Waals surface area contributed by atoms with E-state index in [9.17, 15) is 32.8 Å². The SMILES string of the molecule is CC(C)(F)CNCc1cc(C(=O)Nc2cc(-c3ccc(C#N)cc3C(=O)N3CC(F)(F)C3)cc(C3CC3)n2)c(=O)n(C2CC2)c1. The molecule has 0 unspecified atom stereocenters. The van der Waals surface area contributed by atoms with Crippen LogP contribution in [0.2, 0.25) is 0 Å². The fourth-order valence-corrected chi connectivity index (χ4v) is 5.46. The highest BCUT2D eigenvalue weighted by Gasteiger charge is 2.46. The molecular formula is C33H33F3N6O3. The van der Waals surface area contributed by atoms with E-state index in [0.29, 0.717) is 22.4 Å². The van der Waals surface area contributed by atoms with E-state index in [1.54, 1.807) is 29.0 Å². The van der Waals surface area contributed by atoms with Crippen molar-refractivity contribution in [1.29, 1.82) is 5.26 Å². The average Bonchev–Trinajstić information content (AvgIpc) is 3.89. The quantitative estimate of drug-likeness (QED) is 0.323. The summed E-state index contributed by atoms with van der Waals surface area (Å²) < 4.78 is 42.8. The maximum absolute atomic E-state index is 14.0. The lowest BCUT2D eigenvalue weighted by Gasteiger charge is -2.39. The standard InChI is InChI=1S/C33H33F3N6O3/c1-32(2,34)16-38-14-20-10-26(31(45)42(15-20)23-6-7-23)29(43)40-28-12-22(11-27(39-28)21-4-5-21)24-8-3-19(13-37)9-25(24)30(44)41-17-33(35,36)18-41/h3,8-12,15,21,23,38H,4-7,14,16-18H2,1-2H3,(H,39,40,43). The second-order valence-corrected chi connectivity index (χ2v) is 12.8. The van der Waals surface area contributed by atoms with Gasteiger partial charge in [-0.2, -0.15) is 5.26 Å². The number of likely N-dealkylation sites (tertiary alicyclic amines) is 1. The molecule has 234 valence electrons. The number of hydrogen-bond acceptors (Lipinski definition) is 6. The van der Waals surface area contributed by atoms with Crippen LogP contribution in [-0.4, -0.2) is 57.5 Å². The van der Waals surface area contributed by atoms with Gasteiger partial charge in [-0.3, -0.25) is 14.4 Å². The third-order valence-electron chi connectivity index (χ3n) is 8.06. The number of nitrogens with one attached hydrogen (secondary N) is 2. The Labute approximate surface area is 258 Å². The first-order chi connectivity index (χ1) is 21.3. The first-order valence-electron chi connectivity index (χ1n) is 15.0. The molecule has 2 aliphatic carbocycles. The predicted octanol–water partition coefficient (Wildman–Crippen LogP) is 5.18. The molecule has 9 nitrogen and oxygen atoms in total. The molecule has 1 saturated heterocycles. The Morgan fingerprint density at radius 3 is 2.44 bits per heavy atom. The molecule has 12 heteroatoms. The fraction of sp³-hybridized carbons (Fsp3) is 0.424. The molecule has 0 atom stereocenters. The molecule has 1 aliphatic heterocycles. The van der Waals surface area contributed by atoms with E-state index in [4.69, 9.17) is 0 Å². The number of aromatic nitrogens is 2. The van der Waals surface area contributed by atoms with Crippen LogP contribution in [0.4, 0.5) is 19.0 Å². The summed E-state index contributed by atoms with van der Waals surface area (Å²) in [4.78, 5) is 45.9. The molecule has 3 fully saturated rings. The van der Waals surface area contributed by atoms with Crippen molar-refractivity contribution >= 4 is 17.6 Å². The first kappa shape index (κ1) is 30.5. The molecule has 45 heavy (non-hydrogen) atoms. The zero-order valence-corrected chi connectivity index (χ0v) is 25.0. The molecule has 2 N–H and O–H groups in total. The Kier molecular flexibility index (Phi) is 7.77. The van der Waals surface area contributed by atoms with Gasteiger partial charge in [-0.1, -0.05) is 6.07 Å². The minimum absolute atomic E-state index is 0.00300. The van der Waals surface area contributed by atoms with E-state index in [0.717, 1.165) is 30.6 Å². The topological polar surface area (TPSA) is 120 Å². The van der Waals surface area contributed by atoms with Crippen molar-refractivity contribution in [1.82, 2.24) is 19.8 Å². The summed E-state index contributed by atoms with van der Waals surface area (Å²) in [7, 11) is 0. The molecule has 2 amide bonds. The smallest absolute Gasteiger partial charge is 0.282 e. The van der Waals surface area contributed by atoms with Gasteiger partial charge in [-0.25, -0.2) is 18.2 Å². The molecule has 3 aliphatic rings. The highest BCUT2D eigenvalue weighted by atomic mass is 19.3. The number of anilines is 1. The van der Waals surface area contributed by atoms with Gasteiger partial charge in [-0.05, 0) is 86.6 Å². The van der Waals surface area contributed by atoms with Crippen LogP contribution in [0.3, 0.4) is 0 Å². The van der Waals surface area contributed by atoms with Gasteiger partial charge in [0.1, 0.15) is 17.1 Å². The maximum atomic E-state index is 14.0.